The minimum Gasteiger partial charge on any atom is -0.508 e. The van der Waals surface area contributed by atoms with E-state index in [1.54, 1.807) is 0 Å². The van der Waals surface area contributed by atoms with E-state index >= 15 is 0 Å². The number of rotatable bonds is 11. The topological polar surface area (TPSA) is 277 Å². The molecule has 0 aliphatic carbocycles. The van der Waals surface area contributed by atoms with Crippen LogP contribution in [-0.4, -0.2) is 128 Å². The molecule has 10 atom stereocenters. The molecule has 2 aliphatic heterocycles. The third kappa shape index (κ3) is 7.56. The number of ether oxygens (including phenoxy) is 7. The number of hydrogen-bond donors (Lipinski definition) is 9. The number of phenolic OH excluding ortho intramolecular Hbond substituents is 4. The molecule has 0 amide bonds. The van der Waals surface area contributed by atoms with E-state index in [9.17, 15) is 50.8 Å². The van der Waals surface area contributed by atoms with Crippen LogP contribution >= 0.6 is 0 Å². The zero-order chi connectivity index (χ0) is 39.0. The van der Waals surface area contributed by atoms with Crippen molar-refractivity contribution in [3.63, 3.8) is 0 Å². The van der Waals surface area contributed by atoms with Crippen molar-refractivity contribution in [1.29, 1.82) is 0 Å². The fraction of sp³-hybridized carbons (Fsp3) is 0.417. The lowest BCUT2D eigenvalue weighted by Gasteiger charge is -2.43. The highest BCUT2D eigenvalue weighted by Crippen LogP contribution is 2.39. The first-order chi connectivity index (χ1) is 25.7. The Hall–Kier alpha value is -4.89. The Morgan fingerprint density at radius 1 is 0.722 bits per heavy atom. The first-order valence-corrected chi connectivity index (χ1v) is 16.6. The lowest BCUT2D eigenvalue weighted by atomic mass is 9.98. The van der Waals surface area contributed by atoms with Crippen molar-refractivity contribution in [2.75, 3.05) is 20.8 Å². The summed E-state index contributed by atoms with van der Waals surface area (Å²) in [5.74, 6) is -2.05. The monoisotopic (exact) mass is 760 g/mol. The van der Waals surface area contributed by atoms with Crippen molar-refractivity contribution in [2.24, 2.45) is 0 Å². The second kappa shape index (κ2) is 15.8. The molecular weight excluding hydrogens is 720 g/mol. The van der Waals surface area contributed by atoms with Crippen LogP contribution < -0.4 is 19.6 Å². The molecule has 292 valence electrons. The van der Waals surface area contributed by atoms with E-state index in [0.29, 0.717) is 5.56 Å². The summed E-state index contributed by atoms with van der Waals surface area (Å²) in [6.45, 7) is 0.740. The first kappa shape index (κ1) is 38.8. The van der Waals surface area contributed by atoms with E-state index in [1.807, 2.05) is 0 Å². The third-order valence-electron chi connectivity index (χ3n) is 9.14. The fourth-order valence-electron chi connectivity index (χ4n) is 6.19. The van der Waals surface area contributed by atoms with Gasteiger partial charge in [0.05, 0.1) is 33.5 Å². The maximum atomic E-state index is 13.8. The summed E-state index contributed by atoms with van der Waals surface area (Å²) in [5, 5.41) is 94.6. The summed E-state index contributed by atoms with van der Waals surface area (Å²) < 4.78 is 45.1. The molecule has 2 aliphatic rings. The van der Waals surface area contributed by atoms with E-state index in [4.69, 9.17) is 37.6 Å². The number of aliphatic hydroxyl groups excluding tert-OH is 5. The van der Waals surface area contributed by atoms with Crippen LogP contribution in [0, 0.1) is 0 Å². The molecule has 4 aromatic rings. The van der Waals surface area contributed by atoms with E-state index in [-0.39, 0.29) is 46.5 Å². The standard InChI is InChI=1S/C36H40O18/c1-14-25(40)33(49-12-15-8-21(47-2)26(41)22(9-15)48-3)31(46)35(51-14)50-13-23-27(42)29(44)30(45)36(53-23)54-34-28(43)24-19(39)10-18(38)11-20(24)52-32(34)16-4-6-17(37)7-5-16/h4-11,14,23,25,27,29-31,33,35-42,44-46H,12-13H2,1-3H3. The van der Waals surface area contributed by atoms with Gasteiger partial charge in [-0.1, -0.05) is 0 Å². The van der Waals surface area contributed by atoms with Crippen LogP contribution in [0.1, 0.15) is 12.5 Å². The number of phenols is 4. The van der Waals surface area contributed by atoms with Crippen LogP contribution in [0.5, 0.6) is 40.2 Å². The Kier molecular flexibility index (Phi) is 11.4. The first-order valence-electron chi connectivity index (χ1n) is 16.6. The smallest absolute Gasteiger partial charge is 0.239 e. The van der Waals surface area contributed by atoms with E-state index in [1.165, 1.54) is 57.5 Å². The quantitative estimate of drug-likeness (QED) is 0.101. The summed E-state index contributed by atoms with van der Waals surface area (Å²) in [6.07, 6.45) is -15.6. The van der Waals surface area contributed by atoms with E-state index in [2.05, 4.69) is 0 Å². The number of fused-ring (bicyclic) bond motifs is 1. The number of aliphatic hydroxyl groups is 5. The van der Waals surface area contributed by atoms with Gasteiger partial charge in [-0.25, -0.2) is 0 Å². The molecule has 2 fully saturated rings. The predicted octanol–water partition coefficient (Wildman–Crippen LogP) is 0.555. The van der Waals surface area contributed by atoms with Crippen molar-refractivity contribution in [2.45, 2.75) is 74.9 Å². The molecule has 6 rings (SSSR count). The molecule has 18 nitrogen and oxygen atoms in total. The number of benzene rings is 3. The van der Waals surface area contributed by atoms with Crippen molar-refractivity contribution in [3.8, 4) is 51.6 Å². The van der Waals surface area contributed by atoms with Gasteiger partial charge in [0.15, 0.2) is 23.5 Å². The van der Waals surface area contributed by atoms with Crippen LogP contribution in [0.25, 0.3) is 22.3 Å². The van der Waals surface area contributed by atoms with Crippen LogP contribution in [-0.2, 0) is 25.6 Å². The molecule has 9 N–H and O–H groups in total. The Bertz CT molecular complexity index is 1970. The largest absolute Gasteiger partial charge is 0.508 e. The Balaban J connectivity index is 1.21. The molecule has 0 spiro atoms. The van der Waals surface area contributed by atoms with Crippen LogP contribution in [0.15, 0.2) is 57.7 Å². The van der Waals surface area contributed by atoms with Gasteiger partial charge in [0.2, 0.25) is 23.2 Å². The van der Waals surface area contributed by atoms with Crippen molar-refractivity contribution in [1.82, 2.24) is 0 Å². The molecule has 2 saturated heterocycles. The lowest BCUT2D eigenvalue weighted by Crippen LogP contribution is -2.62. The zero-order valence-corrected chi connectivity index (χ0v) is 29.0. The molecule has 18 heteroatoms. The van der Waals surface area contributed by atoms with Gasteiger partial charge in [-0.05, 0) is 48.9 Å². The maximum Gasteiger partial charge on any atom is 0.239 e. The second-order valence-electron chi connectivity index (χ2n) is 12.8. The summed E-state index contributed by atoms with van der Waals surface area (Å²) in [4.78, 5) is 13.8. The molecule has 10 unspecified atom stereocenters. The average Bonchev–Trinajstić information content (AvgIpc) is 3.14. The molecule has 54 heavy (non-hydrogen) atoms. The van der Waals surface area contributed by atoms with Crippen LogP contribution in [0.3, 0.4) is 0 Å². The SMILES string of the molecule is COc1cc(COC2C(O)C(C)OC(OCC3OC(Oc4c(-c5ccc(O)cc5)oc5cc(O)cc(O)c5c4=O)C(O)C(O)C3O)C2O)cc(OC)c1O. The second-order valence-corrected chi connectivity index (χ2v) is 12.8. The molecular formula is C36H40O18. The van der Waals surface area contributed by atoms with Gasteiger partial charge in [0.1, 0.15) is 70.9 Å². The van der Waals surface area contributed by atoms with Gasteiger partial charge >= 0.3 is 0 Å². The van der Waals surface area contributed by atoms with Gasteiger partial charge in [0.25, 0.3) is 0 Å². The number of methoxy groups -OCH3 is 2. The van der Waals surface area contributed by atoms with Gasteiger partial charge in [0, 0.05) is 17.7 Å². The summed E-state index contributed by atoms with van der Waals surface area (Å²) in [5.41, 5.74) is -0.523. The highest BCUT2D eigenvalue weighted by molar-refractivity contribution is 5.88. The maximum absolute atomic E-state index is 13.8. The Labute approximate surface area is 306 Å². The minimum absolute atomic E-state index is 0.104. The summed E-state index contributed by atoms with van der Waals surface area (Å²) >= 11 is 0. The lowest BCUT2D eigenvalue weighted by molar-refractivity contribution is -0.323. The van der Waals surface area contributed by atoms with Gasteiger partial charge < -0.3 is 83.5 Å². The minimum atomic E-state index is -1.95. The molecule has 0 saturated carbocycles. The summed E-state index contributed by atoms with van der Waals surface area (Å²) in [6, 6.07) is 10.3. The third-order valence-corrected chi connectivity index (χ3v) is 9.14. The van der Waals surface area contributed by atoms with Crippen molar-refractivity contribution >= 4 is 11.0 Å². The zero-order valence-electron chi connectivity index (χ0n) is 29.0. The van der Waals surface area contributed by atoms with Crippen molar-refractivity contribution in [3.05, 3.63) is 64.3 Å². The highest BCUT2D eigenvalue weighted by Gasteiger charge is 2.48. The fourth-order valence-corrected chi connectivity index (χ4v) is 6.19. The molecule has 3 aromatic carbocycles. The highest BCUT2D eigenvalue weighted by atomic mass is 16.7. The number of hydrogen-bond acceptors (Lipinski definition) is 18. The molecule has 1 aromatic heterocycles. The van der Waals surface area contributed by atoms with Crippen LogP contribution in [0.4, 0.5) is 0 Å². The normalized spacial score (nSPS) is 28.5. The van der Waals surface area contributed by atoms with Gasteiger partial charge in [-0.2, -0.15) is 0 Å². The van der Waals surface area contributed by atoms with E-state index in [0.717, 1.165) is 12.1 Å². The summed E-state index contributed by atoms with van der Waals surface area (Å²) in [7, 11) is 2.70. The Morgan fingerprint density at radius 2 is 1.39 bits per heavy atom. The molecule has 0 radical (unpaired) electrons. The van der Waals surface area contributed by atoms with Gasteiger partial charge in [-0.3, -0.25) is 4.79 Å². The van der Waals surface area contributed by atoms with E-state index < -0.39 is 96.1 Å². The molecule has 3 heterocycles. The van der Waals surface area contributed by atoms with Crippen LogP contribution in [0.2, 0.25) is 0 Å². The molecule has 0 bridgehead atoms. The van der Waals surface area contributed by atoms with Crippen molar-refractivity contribution < 1.29 is 83.5 Å². The Morgan fingerprint density at radius 3 is 2.04 bits per heavy atom. The number of aromatic hydroxyl groups is 4. The van der Waals surface area contributed by atoms with Gasteiger partial charge in [-0.15, -0.1) is 0 Å². The predicted molar refractivity (Wildman–Crippen MR) is 182 cm³/mol. The average molecular weight is 761 g/mol.